The normalized spacial score (nSPS) is 12.5. The van der Waals surface area contributed by atoms with Crippen molar-refractivity contribution < 1.29 is 17.7 Å². The Morgan fingerprint density at radius 1 is 0.512 bits per heavy atom. The van der Waals surface area contributed by atoms with E-state index in [-0.39, 0.29) is 27.1 Å². The monoisotopic (exact) mass is 600 g/mol. The molecule has 0 spiro atoms. The van der Waals surface area contributed by atoms with Gasteiger partial charge in [0.05, 0.1) is 12.0 Å². The highest BCUT2D eigenvalue weighted by Gasteiger charge is 2.22. The van der Waals surface area contributed by atoms with Gasteiger partial charge in [-0.15, -0.1) is 0 Å². The van der Waals surface area contributed by atoms with E-state index in [1.165, 1.54) is 64.8 Å². The first kappa shape index (κ1) is 34.1. The van der Waals surface area contributed by atoms with Crippen LogP contribution in [0.5, 0.6) is 5.75 Å². The number of rotatable bonds is 5. The van der Waals surface area contributed by atoms with E-state index in [4.69, 9.17) is 9.29 Å². The molecule has 0 heterocycles. The molecule has 43 heavy (non-hydrogen) atoms. The van der Waals surface area contributed by atoms with E-state index in [9.17, 15) is 8.42 Å². The van der Waals surface area contributed by atoms with Crippen LogP contribution < -0.4 is 4.74 Å². The second-order valence-corrected chi connectivity index (χ2v) is 15.6. The highest BCUT2D eigenvalue weighted by molar-refractivity contribution is 7.85. The smallest absolute Gasteiger partial charge is 0.294 e. The van der Waals surface area contributed by atoms with E-state index in [1.54, 1.807) is 0 Å². The number of ether oxygens (including phenoxy) is 1. The Morgan fingerprint density at radius 2 is 0.791 bits per heavy atom. The highest BCUT2D eigenvalue weighted by atomic mass is 32.2. The maximum absolute atomic E-state index is 10.5. The lowest BCUT2D eigenvalue weighted by Gasteiger charge is -2.25. The zero-order chi connectivity index (χ0) is 32.2. The molecule has 4 aromatic rings. The van der Waals surface area contributed by atoms with Crippen LogP contribution in [-0.4, -0.2) is 20.1 Å². The molecule has 0 fully saturated rings. The minimum Gasteiger partial charge on any atom is -0.497 e. The van der Waals surface area contributed by atoms with Gasteiger partial charge in [-0.3, -0.25) is 4.55 Å². The second-order valence-electron chi connectivity index (χ2n) is 14.2. The Kier molecular flexibility index (Phi) is 10.4. The summed E-state index contributed by atoms with van der Waals surface area (Å²) in [7, 11) is -2.61. The molecule has 0 bridgehead atoms. The molecule has 4 aromatic carbocycles. The molecule has 0 aliphatic carbocycles. The van der Waals surface area contributed by atoms with Gasteiger partial charge in [0.2, 0.25) is 0 Å². The predicted octanol–water partition coefficient (Wildman–Crippen LogP) is 9.70. The Labute approximate surface area is 259 Å². The third-order valence-electron chi connectivity index (χ3n) is 7.69. The van der Waals surface area contributed by atoms with Gasteiger partial charge in [-0.1, -0.05) is 135 Å². The van der Waals surface area contributed by atoms with Gasteiger partial charge in [0.25, 0.3) is 10.1 Å². The van der Waals surface area contributed by atoms with Gasteiger partial charge in [-0.25, -0.2) is 0 Å². The van der Waals surface area contributed by atoms with Gasteiger partial charge in [-0.05, 0) is 73.9 Å². The quantitative estimate of drug-likeness (QED) is 0.183. The zero-order valence-electron chi connectivity index (χ0n) is 27.4. The van der Waals surface area contributed by atoms with Gasteiger partial charge in [0, 0.05) is 5.92 Å². The number of methoxy groups -OCH3 is 1. The maximum Gasteiger partial charge on any atom is 0.294 e. The fourth-order valence-corrected chi connectivity index (χ4v) is 5.33. The van der Waals surface area contributed by atoms with Crippen molar-refractivity contribution in [2.45, 2.75) is 89.4 Å². The molecule has 230 valence electrons. The molecule has 0 atom stereocenters. The lowest BCUT2D eigenvalue weighted by Crippen LogP contribution is -2.13. The summed E-state index contributed by atoms with van der Waals surface area (Å²) in [5, 5.41) is 0. The van der Waals surface area contributed by atoms with Crippen molar-refractivity contribution in [1.82, 2.24) is 0 Å². The predicted molar refractivity (Wildman–Crippen MR) is 179 cm³/mol. The largest absolute Gasteiger partial charge is 0.497 e. The van der Waals surface area contributed by atoms with Crippen molar-refractivity contribution in [3.63, 3.8) is 0 Å². The summed E-state index contributed by atoms with van der Waals surface area (Å²) in [5.41, 5.74) is 8.66. The van der Waals surface area contributed by atoms with E-state index in [0.717, 1.165) is 0 Å². The topological polar surface area (TPSA) is 63.6 Å². The number of hydrogen-bond acceptors (Lipinski definition) is 3. The molecule has 1 N–H and O–H groups in total. The van der Waals surface area contributed by atoms with E-state index in [1.807, 2.05) is 0 Å². The van der Waals surface area contributed by atoms with E-state index < -0.39 is 10.1 Å². The average Bonchev–Trinajstić information content (AvgIpc) is 2.92. The van der Waals surface area contributed by atoms with Gasteiger partial charge in [0.1, 0.15) is 5.75 Å². The number of benzene rings is 4. The average molecular weight is 601 g/mol. The Morgan fingerprint density at radius 3 is 1.00 bits per heavy atom. The first-order chi connectivity index (χ1) is 19.8. The Bertz CT molecular complexity index is 1430. The molecule has 4 rings (SSSR count). The lowest BCUT2D eigenvalue weighted by molar-refractivity contribution is 0.414. The van der Waals surface area contributed by atoms with Crippen LogP contribution in [0.15, 0.2) is 102 Å². The van der Waals surface area contributed by atoms with Crippen LogP contribution in [0.1, 0.15) is 102 Å². The highest BCUT2D eigenvalue weighted by Crippen LogP contribution is 2.36. The molecule has 0 amide bonds. The Balaban J connectivity index is 0.000000353. The molecule has 0 aliphatic rings. The van der Waals surface area contributed by atoms with Crippen molar-refractivity contribution in [3.05, 3.63) is 130 Å². The molecule has 0 radical (unpaired) electrons. The van der Waals surface area contributed by atoms with Crippen LogP contribution in [0.4, 0.5) is 0 Å². The van der Waals surface area contributed by atoms with Crippen LogP contribution in [0.3, 0.4) is 0 Å². The summed E-state index contributed by atoms with van der Waals surface area (Å²) in [4.78, 5) is -0.136. The van der Waals surface area contributed by atoms with E-state index in [2.05, 4.69) is 135 Å². The van der Waals surface area contributed by atoms with Crippen molar-refractivity contribution >= 4 is 10.1 Å². The van der Waals surface area contributed by atoms with Gasteiger partial charge < -0.3 is 4.74 Å². The van der Waals surface area contributed by atoms with Crippen molar-refractivity contribution in [1.29, 1.82) is 0 Å². The second kappa shape index (κ2) is 13.1. The third-order valence-corrected chi connectivity index (χ3v) is 8.56. The molecule has 4 nitrogen and oxygen atoms in total. The molecular formula is C38H48O4S. The van der Waals surface area contributed by atoms with Crippen molar-refractivity contribution in [3.8, 4) is 5.75 Å². The molecule has 0 saturated heterocycles. The minimum absolute atomic E-state index is 0.136. The van der Waals surface area contributed by atoms with E-state index in [0.29, 0.717) is 5.75 Å². The first-order valence-electron chi connectivity index (χ1n) is 14.7. The zero-order valence-corrected chi connectivity index (χ0v) is 28.2. The van der Waals surface area contributed by atoms with Crippen LogP contribution in [0.25, 0.3) is 0 Å². The van der Waals surface area contributed by atoms with Crippen molar-refractivity contribution in [2.75, 3.05) is 7.11 Å². The lowest BCUT2D eigenvalue weighted by atomic mass is 9.79. The minimum atomic E-state index is -4.08. The Hall–Kier alpha value is -3.41. The van der Waals surface area contributed by atoms with E-state index >= 15 is 0 Å². The molecule has 0 aromatic heterocycles. The van der Waals surface area contributed by atoms with Crippen LogP contribution in [-0.2, 0) is 26.4 Å². The molecule has 0 unspecified atom stereocenters. The first-order valence-corrected chi connectivity index (χ1v) is 16.2. The molecular weight excluding hydrogens is 552 g/mol. The summed E-state index contributed by atoms with van der Waals surface area (Å²) in [6.45, 7) is 20.5. The fraction of sp³-hybridized carbons (Fsp3) is 0.368. The fourth-order valence-electron chi connectivity index (χ4n) is 4.85. The van der Waals surface area contributed by atoms with Crippen LogP contribution in [0.2, 0.25) is 0 Å². The van der Waals surface area contributed by atoms with Gasteiger partial charge in [0.15, 0.2) is 0 Å². The third kappa shape index (κ3) is 9.29. The summed E-state index contributed by atoms with van der Waals surface area (Å²) < 4.78 is 34.5. The molecule has 0 aliphatic heterocycles. The standard InChI is InChI=1S/C31H40.C7H8O4S/c1-29(2,3)25-16-10-22(11-17-25)28(23-12-18-26(19-13-23)30(4,5)6)24-14-20-27(21-15-24)31(7,8)9;1-11-6-2-4-7(5-3-6)12(8,9)10/h10-21,28H,1-9H3;2-5H,1H3,(H,8,9,10). The van der Waals surface area contributed by atoms with Crippen molar-refractivity contribution in [2.24, 2.45) is 0 Å². The van der Waals surface area contributed by atoms with Crippen LogP contribution >= 0.6 is 0 Å². The SMILES string of the molecule is CC(C)(C)c1ccc(C(c2ccc(C(C)(C)C)cc2)c2ccc(C(C)(C)C)cc2)cc1.COc1ccc(S(=O)(=O)O)cc1. The summed E-state index contributed by atoms with van der Waals surface area (Å²) >= 11 is 0. The molecule has 5 heteroatoms. The number of hydrogen-bond donors (Lipinski definition) is 1. The summed E-state index contributed by atoms with van der Waals surface area (Å²) in [5.74, 6) is 0.777. The summed E-state index contributed by atoms with van der Waals surface area (Å²) in [6, 6.07) is 33.2. The van der Waals surface area contributed by atoms with Crippen LogP contribution in [0, 0.1) is 0 Å². The summed E-state index contributed by atoms with van der Waals surface area (Å²) in [6.07, 6.45) is 0. The van der Waals surface area contributed by atoms with Gasteiger partial charge in [-0.2, -0.15) is 8.42 Å². The van der Waals surface area contributed by atoms with Gasteiger partial charge >= 0.3 is 0 Å². The maximum atomic E-state index is 10.5. The molecule has 0 saturated carbocycles.